The molecule has 136 valence electrons. The second-order valence-electron chi connectivity index (χ2n) is 6.71. The van der Waals surface area contributed by atoms with Gasteiger partial charge in [0.05, 0.1) is 11.6 Å². The molecule has 0 heterocycles. The standard InChI is InChI=1S/C24H25N3/c25-15-16-27(18-21-13-11-20(17-26)12-14-21)19-24(22-7-3-1-4-8-22)23-9-5-2-6-10-23/h1-14,24H,15-16,18-19,25H2. The average molecular weight is 355 g/mol. The Morgan fingerprint density at radius 2 is 1.37 bits per heavy atom. The molecule has 0 aliphatic rings. The molecule has 0 spiro atoms. The van der Waals surface area contributed by atoms with E-state index in [2.05, 4.69) is 71.6 Å². The van der Waals surface area contributed by atoms with Gasteiger partial charge in [-0.3, -0.25) is 4.90 Å². The van der Waals surface area contributed by atoms with Crippen LogP contribution in [0, 0.1) is 11.3 Å². The lowest BCUT2D eigenvalue weighted by molar-refractivity contribution is 0.264. The van der Waals surface area contributed by atoms with Crippen LogP contribution >= 0.6 is 0 Å². The van der Waals surface area contributed by atoms with Gasteiger partial charge in [0.15, 0.2) is 0 Å². The molecule has 0 saturated carbocycles. The molecule has 2 N–H and O–H groups in total. The van der Waals surface area contributed by atoms with E-state index < -0.39 is 0 Å². The van der Waals surface area contributed by atoms with E-state index in [0.717, 1.165) is 19.6 Å². The summed E-state index contributed by atoms with van der Waals surface area (Å²) in [5, 5.41) is 8.99. The zero-order valence-electron chi connectivity index (χ0n) is 15.5. The van der Waals surface area contributed by atoms with Crippen LogP contribution in [0.1, 0.15) is 28.2 Å². The van der Waals surface area contributed by atoms with Crippen LogP contribution in [0.25, 0.3) is 0 Å². The molecule has 0 fully saturated rings. The van der Waals surface area contributed by atoms with E-state index in [9.17, 15) is 0 Å². The maximum atomic E-state index is 8.99. The first kappa shape index (κ1) is 18.8. The summed E-state index contributed by atoms with van der Waals surface area (Å²) in [5.41, 5.74) is 10.4. The van der Waals surface area contributed by atoms with Crippen molar-refractivity contribution in [3.63, 3.8) is 0 Å². The van der Waals surface area contributed by atoms with Gasteiger partial charge in [-0.15, -0.1) is 0 Å². The molecular formula is C24H25N3. The fraction of sp³-hybridized carbons (Fsp3) is 0.208. The Morgan fingerprint density at radius 1 is 0.815 bits per heavy atom. The predicted molar refractivity (Wildman–Crippen MR) is 110 cm³/mol. The van der Waals surface area contributed by atoms with Gasteiger partial charge in [0.25, 0.3) is 0 Å². The Bertz CT molecular complexity index is 812. The number of nitriles is 1. The fourth-order valence-electron chi connectivity index (χ4n) is 3.39. The zero-order chi connectivity index (χ0) is 18.9. The predicted octanol–water partition coefficient (Wildman–Crippen LogP) is 4.15. The summed E-state index contributed by atoms with van der Waals surface area (Å²) in [7, 11) is 0. The van der Waals surface area contributed by atoms with Crippen LogP contribution in [0.2, 0.25) is 0 Å². The van der Waals surface area contributed by atoms with E-state index in [0.29, 0.717) is 12.1 Å². The Morgan fingerprint density at radius 3 is 1.85 bits per heavy atom. The molecule has 3 aromatic rings. The van der Waals surface area contributed by atoms with E-state index in [4.69, 9.17) is 11.0 Å². The fourth-order valence-corrected chi connectivity index (χ4v) is 3.39. The van der Waals surface area contributed by atoms with E-state index in [1.807, 2.05) is 24.3 Å². The molecule has 27 heavy (non-hydrogen) atoms. The third-order valence-electron chi connectivity index (χ3n) is 4.78. The number of nitrogens with zero attached hydrogens (tertiary/aromatic N) is 2. The quantitative estimate of drug-likeness (QED) is 0.660. The van der Waals surface area contributed by atoms with Crippen molar-refractivity contribution in [3.8, 4) is 6.07 Å². The Hall–Kier alpha value is -2.93. The molecule has 0 unspecified atom stereocenters. The van der Waals surface area contributed by atoms with Gasteiger partial charge in [0, 0.05) is 32.1 Å². The van der Waals surface area contributed by atoms with Gasteiger partial charge in [0.1, 0.15) is 0 Å². The van der Waals surface area contributed by atoms with Gasteiger partial charge in [-0.05, 0) is 28.8 Å². The highest BCUT2D eigenvalue weighted by molar-refractivity contribution is 5.34. The van der Waals surface area contributed by atoms with E-state index >= 15 is 0 Å². The van der Waals surface area contributed by atoms with Crippen molar-refractivity contribution >= 4 is 0 Å². The smallest absolute Gasteiger partial charge is 0.0991 e. The van der Waals surface area contributed by atoms with Gasteiger partial charge in [-0.1, -0.05) is 72.8 Å². The van der Waals surface area contributed by atoms with Crippen molar-refractivity contribution in [1.29, 1.82) is 5.26 Å². The van der Waals surface area contributed by atoms with Gasteiger partial charge in [0.2, 0.25) is 0 Å². The molecule has 3 rings (SSSR count). The molecule has 0 radical (unpaired) electrons. The van der Waals surface area contributed by atoms with Gasteiger partial charge in [-0.2, -0.15) is 5.26 Å². The van der Waals surface area contributed by atoms with E-state index in [1.54, 1.807) is 0 Å². The van der Waals surface area contributed by atoms with E-state index in [-0.39, 0.29) is 5.92 Å². The van der Waals surface area contributed by atoms with Crippen molar-refractivity contribution in [2.24, 2.45) is 5.73 Å². The van der Waals surface area contributed by atoms with Gasteiger partial charge in [-0.25, -0.2) is 0 Å². The largest absolute Gasteiger partial charge is 0.329 e. The molecule has 0 aliphatic carbocycles. The van der Waals surface area contributed by atoms with E-state index in [1.165, 1.54) is 16.7 Å². The average Bonchev–Trinajstić information content (AvgIpc) is 2.74. The van der Waals surface area contributed by atoms with Crippen molar-refractivity contribution in [1.82, 2.24) is 4.90 Å². The maximum Gasteiger partial charge on any atom is 0.0991 e. The molecule has 0 aromatic heterocycles. The number of rotatable bonds is 8. The summed E-state index contributed by atoms with van der Waals surface area (Å²) in [6.07, 6.45) is 0. The third kappa shape index (κ3) is 5.27. The number of benzene rings is 3. The number of hydrogen-bond acceptors (Lipinski definition) is 3. The first-order chi connectivity index (χ1) is 13.3. The Balaban J connectivity index is 1.83. The second-order valence-corrected chi connectivity index (χ2v) is 6.71. The molecule has 3 heteroatoms. The number of nitrogens with two attached hydrogens (primary N) is 1. The monoisotopic (exact) mass is 355 g/mol. The van der Waals surface area contributed by atoms with Crippen LogP contribution in [0.4, 0.5) is 0 Å². The lowest BCUT2D eigenvalue weighted by atomic mass is 9.90. The van der Waals surface area contributed by atoms with Crippen LogP contribution in [0.3, 0.4) is 0 Å². The minimum Gasteiger partial charge on any atom is -0.329 e. The molecule has 0 amide bonds. The van der Waals surface area contributed by atoms with Crippen molar-refractivity contribution in [2.45, 2.75) is 12.5 Å². The SMILES string of the molecule is N#Cc1ccc(CN(CCN)CC(c2ccccc2)c2ccccc2)cc1. The molecule has 3 nitrogen and oxygen atoms in total. The highest BCUT2D eigenvalue weighted by Gasteiger charge is 2.18. The lowest BCUT2D eigenvalue weighted by Crippen LogP contribution is -2.33. The Labute approximate surface area is 161 Å². The molecule has 0 saturated heterocycles. The summed E-state index contributed by atoms with van der Waals surface area (Å²) < 4.78 is 0. The molecular weight excluding hydrogens is 330 g/mol. The number of hydrogen-bond donors (Lipinski definition) is 1. The molecule has 3 aromatic carbocycles. The van der Waals surface area contributed by atoms with Crippen LogP contribution in [0.5, 0.6) is 0 Å². The lowest BCUT2D eigenvalue weighted by Gasteiger charge is -2.28. The highest BCUT2D eigenvalue weighted by atomic mass is 15.1. The second kappa shape index (κ2) is 9.68. The maximum absolute atomic E-state index is 8.99. The molecule has 0 atom stereocenters. The summed E-state index contributed by atoms with van der Waals surface area (Å²) >= 11 is 0. The minimum atomic E-state index is 0.289. The van der Waals surface area contributed by atoms with Crippen molar-refractivity contribution < 1.29 is 0 Å². The van der Waals surface area contributed by atoms with Crippen LogP contribution in [-0.2, 0) is 6.54 Å². The van der Waals surface area contributed by atoms with Gasteiger partial charge < -0.3 is 5.73 Å². The van der Waals surface area contributed by atoms with Gasteiger partial charge >= 0.3 is 0 Å². The molecule has 0 bridgehead atoms. The summed E-state index contributed by atoms with van der Waals surface area (Å²) in [6.45, 7) is 3.16. The topological polar surface area (TPSA) is 53.0 Å². The summed E-state index contributed by atoms with van der Waals surface area (Å²) in [5.74, 6) is 0.289. The Kier molecular flexibility index (Phi) is 6.76. The zero-order valence-corrected chi connectivity index (χ0v) is 15.5. The van der Waals surface area contributed by atoms with Crippen LogP contribution in [-0.4, -0.2) is 24.5 Å². The van der Waals surface area contributed by atoms with Crippen molar-refractivity contribution in [2.75, 3.05) is 19.6 Å². The first-order valence-electron chi connectivity index (χ1n) is 9.31. The molecule has 0 aliphatic heterocycles. The van der Waals surface area contributed by atoms with Crippen LogP contribution < -0.4 is 5.73 Å². The normalized spacial score (nSPS) is 10.9. The van der Waals surface area contributed by atoms with Crippen LogP contribution in [0.15, 0.2) is 84.9 Å². The minimum absolute atomic E-state index is 0.289. The van der Waals surface area contributed by atoms with Crippen molar-refractivity contribution in [3.05, 3.63) is 107 Å². The first-order valence-corrected chi connectivity index (χ1v) is 9.31. The third-order valence-corrected chi connectivity index (χ3v) is 4.78. The highest BCUT2D eigenvalue weighted by Crippen LogP contribution is 2.26. The summed E-state index contributed by atoms with van der Waals surface area (Å²) in [6, 6.07) is 31.3. The summed E-state index contributed by atoms with van der Waals surface area (Å²) in [4.78, 5) is 2.39.